The minimum atomic E-state index is -0.697. The fourth-order valence-electron chi connectivity index (χ4n) is 9.45. The van der Waals surface area contributed by atoms with Gasteiger partial charge in [-0.1, -0.05) is 0 Å². The van der Waals surface area contributed by atoms with Crippen LogP contribution in [0.1, 0.15) is 110 Å². The van der Waals surface area contributed by atoms with Crippen LogP contribution in [0.4, 0.5) is 40.1 Å². The van der Waals surface area contributed by atoms with Crippen molar-refractivity contribution in [3.8, 4) is 0 Å². The first-order valence-electron chi connectivity index (χ1n) is 28.0. The number of anilines is 7. The molecule has 0 atom stereocenters. The zero-order chi connectivity index (χ0) is 64.4. The molecule has 0 spiro atoms. The first kappa shape index (κ1) is 63.8. The first-order chi connectivity index (χ1) is 42.3. The van der Waals surface area contributed by atoms with Crippen LogP contribution in [0.2, 0.25) is 0 Å². The molecular formula is C58H71N21O10. The molecular weight excluding hydrogens is 1150 g/mol. The Morgan fingerprint density at radius 2 is 0.742 bits per heavy atom. The molecule has 0 aliphatic rings. The van der Waals surface area contributed by atoms with Crippen molar-refractivity contribution in [1.82, 2.24) is 67.4 Å². The van der Waals surface area contributed by atoms with Crippen molar-refractivity contribution >= 4 is 99.1 Å². The molecule has 31 heteroatoms. The molecule has 8 aromatic rings. The van der Waals surface area contributed by atoms with Crippen molar-refractivity contribution in [1.29, 1.82) is 0 Å². The molecule has 0 aliphatic carbocycles. The predicted octanol–water partition coefficient (Wildman–Crippen LogP) is 3.03. The van der Waals surface area contributed by atoms with E-state index in [2.05, 4.69) is 63.1 Å². The number of amides is 10. The van der Waals surface area contributed by atoms with Gasteiger partial charge in [0.25, 0.3) is 47.3 Å². The van der Waals surface area contributed by atoms with Crippen molar-refractivity contribution < 1.29 is 47.9 Å². The summed E-state index contributed by atoms with van der Waals surface area (Å²) < 4.78 is 12.1. The van der Waals surface area contributed by atoms with E-state index in [1.54, 1.807) is 130 Å². The summed E-state index contributed by atoms with van der Waals surface area (Å²) in [6, 6.07) is 10.9. The molecule has 0 aromatic carbocycles. The van der Waals surface area contributed by atoms with Crippen LogP contribution in [0, 0.1) is 0 Å². The van der Waals surface area contributed by atoms with E-state index >= 15 is 0 Å². The van der Waals surface area contributed by atoms with Crippen LogP contribution in [0.3, 0.4) is 0 Å². The monoisotopic (exact) mass is 1220 g/mol. The third kappa shape index (κ3) is 16.2. The molecule has 0 saturated carbocycles. The number of aromatic nitrogens is 10. The SMILES string of the molecule is CN(C)CCCNC(=O)CCNC(=O)c1cc(NC(=O)c2nc(NC(=O)c3nc(NC(=O)c4cc(NC(=O)CCCNC(=O)c5cc(NC(=O)c6cc(NC(=O)c7cc(NC(=O)c8cccn8C)cn7C)cn6C)cn5C)cn4C)cn3C)cn2C)cn1C. The van der Waals surface area contributed by atoms with Crippen LogP contribution < -0.4 is 53.2 Å². The standard InChI is InChI=1S/C58H71N21O10/c1-71(2)20-13-18-59-47(80)16-19-61-52(83)41-24-38(31-74(41)5)66-57(88)49-68-46(33-78(49)9)70-58(89)50-67-45(32-79(50)10)69-56(87)44-22-34(27-75(44)6)62-48(81)15-11-17-60-51(82)40-23-35(28-73(40)4)64-54(85)43-26-37(30-77(43)8)65-55(86)42-25-36(29-76(42)7)63-53(84)39-14-12-21-72(39)3/h12,14,21-33H,11,13,15-20H2,1-10H3,(H,59,80)(H,60,82)(H,61,83)(H,62,81)(H,63,84)(H,64,85)(H,65,86)(H,66,88)(H,69,87)(H,70,89). The summed E-state index contributed by atoms with van der Waals surface area (Å²) in [5.41, 5.74) is 3.32. The van der Waals surface area contributed by atoms with Crippen LogP contribution in [0.15, 0.2) is 92.0 Å². The highest BCUT2D eigenvalue weighted by Gasteiger charge is 2.24. The number of aryl methyl sites for hydroxylation is 8. The Kier molecular flexibility index (Phi) is 20.0. The Hall–Kier alpha value is -11.2. The fourth-order valence-corrected chi connectivity index (χ4v) is 9.45. The predicted molar refractivity (Wildman–Crippen MR) is 330 cm³/mol. The molecule has 10 amide bonds. The maximum Gasteiger partial charge on any atom is 0.292 e. The fraction of sp³-hybridized carbons (Fsp3) is 0.310. The lowest BCUT2D eigenvalue weighted by atomic mass is 10.2. The van der Waals surface area contributed by atoms with Gasteiger partial charge in [-0.05, 0) is 75.9 Å². The smallest absolute Gasteiger partial charge is 0.292 e. The topological polar surface area (TPSA) is 359 Å². The number of hydrogen-bond donors (Lipinski definition) is 10. The largest absolute Gasteiger partial charge is 0.356 e. The average molecular weight is 1220 g/mol. The van der Waals surface area contributed by atoms with E-state index in [0.717, 1.165) is 13.0 Å². The Balaban J connectivity index is 0.747. The van der Waals surface area contributed by atoms with Crippen LogP contribution in [-0.2, 0) is 66.0 Å². The molecule has 8 heterocycles. The van der Waals surface area contributed by atoms with Crippen molar-refractivity contribution in [3.63, 3.8) is 0 Å². The van der Waals surface area contributed by atoms with Gasteiger partial charge in [0.15, 0.2) is 11.6 Å². The van der Waals surface area contributed by atoms with Crippen molar-refractivity contribution in [2.45, 2.75) is 25.7 Å². The molecule has 10 N–H and O–H groups in total. The van der Waals surface area contributed by atoms with E-state index in [-0.39, 0.29) is 102 Å². The average Bonchev–Trinajstić information content (AvgIpc) is 2.77. The summed E-state index contributed by atoms with van der Waals surface area (Å²) in [6.07, 6.45) is 13.7. The molecule has 0 aliphatic heterocycles. The molecule has 0 radical (unpaired) electrons. The number of rotatable bonds is 26. The molecule has 8 rings (SSSR count). The highest BCUT2D eigenvalue weighted by atomic mass is 16.2. The highest BCUT2D eigenvalue weighted by Crippen LogP contribution is 2.22. The Morgan fingerprint density at radius 1 is 0.371 bits per heavy atom. The van der Waals surface area contributed by atoms with Gasteiger partial charge in [-0.2, -0.15) is 0 Å². The summed E-state index contributed by atoms with van der Waals surface area (Å²) in [4.78, 5) is 141. The lowest BCUT2D eigenvalue weighted by Gasteiger charge is -2.10. The van der Waals surface area contributed by atoms with Gasteiger partial charge in [0.1, 0.15) is 34.2 Å². The molecule has 31 nitrogen and oxygen atoms in total. The van der Waals surface area contributed by atoms with Gasteiger partial charge in [-0.15, -0.1) is 0 Å². The number of imidazole rings is 2. The second-order valence-corrected chi connectivity index (χ2v) is 21.4. The quantitative estimate of drug-likeness (QED) is 0.0349. The number of nitrogens with one attached hydrogen (secondary N) is 10. The van der Waals surface area contributed by atoms with Gasteiger partial charge >= 0.3 is 0 Å². The number of hydrogen-bond acceptors (Lipinski definition) is 13. The summed E-state index contributed by atoms with van der Waals surface area (Å²) in [7, 11) is 17.0. The van der Waals surface area contributed by atoms with Gasteiger partial charge in [0, 0.05) is 138 Å². The van der Waals surface area contributed by atoms with E-state index in [0.29, 0.717) is 40.7 Å². The molecule has 89 heavy (non-hydrogen) atoms. The third-order valence-electron chi connectivity index (χ3n) is 13.9. The second kappa shape index (κ2) is 27.9. The first-order valence-corrected chi connectivity index (χ1v) is 28.0. The van der Waals surface area contributed by atoms with Crippen molar-refractivity contribution in [2.75, 3.05) is 77.5 Å². The van der Waals surface area contributed by atoms with Crippen molar-refractivity contribution in [2.24, 2.45) is 56.4 Å². The Labute approximate surface area is 510 Å². The summed E-state index contributed by atoms with van der Waals surface area (Å²) >= 11 is 0. The van der Waals surface area contributed by atoms with Crippen molar-refractivity contribution in [3.05, 3.63) is 138 Å². The maximum absolute atomic E-state index is 13.4. The summed E-state index contributed by atoms with van der Waals surface area (Å²) in [6.45, 7) is 1.63. The molecule has 0 saturated heterocycles. The summed E-state index contributed by atoms with van der Waals surface area (Å²) in [5, 5.41) is 27.4. The second-order valence-electron chi connectivity index (χ2n) is 21.4. The zero-order valence-electron chi connectivity index (χ0n) is 50.8. The van der Waals surface area contributed by atoms with E-state index < -0.39 is 41.4 Å². The van der Waals surface area contributed by atoms with E-state index in [4.69, 9.17) is 0 Å². The third-order valence-corrected chi connectivity index (χ3v) is 13.9. The molecule has 0 unspecified atom stereocenters. The maximum atomic E-state index is 13.4. The molecule has 0 bridgehead atoms. The van der Waals surface area contributed by atoms with Gasteiger partial charge in [0.05, 0.1) is 28.4 Å². The van der Waals surface area contributed by atoms with Gasteiger partial charge in [-0.3, -0.25) is 47.9 Å². The van der Waals surface area contributed by atoms with E-state index in [9.17, 15) is 47.9 Å². The Morgan fingerprint density at radius 3 is 1.18 bits per heavy atom. The van der Waals surface area contributed by atoms with Gasteiger partial charge in [0.2, 0.25) is 23.5 Å². The lowest BCUT2D eigenvalue weighted by Crippen LogP contribution is -2.32. The molecule has 8 aromatic heterocycles. The number of nitrogens with zero attached hydrogens (tertiary/aromatic N) is 11. The minimum Gasteiger partial charge on any atom is -0.356 e. The number of carbonyl (C=O) groups excluding carboxylic acids is 10. The lowest BCUT2D eigenvalue weighted by molar-refractivity contribution is -0.121. The zero-order valence-corrected chi connectivity index (χ0v) is 50.8. The Bertz CT molecular complexity index is 4020. The van der Waals surface area contributed by atoms with E-state index in [1.807, 2.05) is 19.0 Å². The van der Waals surface area contributed by atoms with Crippen LogP contribution in [0.25, 0.3) is 0 Å². The van der Waals surface area contributed by atoms with Gasteiger partial charge in [-0.25, -0.2) is 9.97 Å². The molecule has 468 valence electrons. The minimum absolute atomic E-state index is 0.0220. The van der Waals surface area contributed by atoms with Gasteiger partial charge < -0.3 is 94.6 Å². The van der Waals surface area contributed by atoms with Crippen LogP contribution >= 0.6 is 0 Å². The summed E-state index contributed by atoms with van der Waals surface area (Å²) in [5.74, 6) is -4.75. The van der Waals surface area contributed by atoms with E-state index in [1.165, 1.54) is 54.9 Å². The normalized spacial score (nSPS) is 11.0. The number of carbonyl (C=O) groups is 10. The van der Waals surface area contributed by atoms with Crippen LogP contribution in [-0.4, -0.2) is 151 Å². The van der Waals surface area contributed by atoms with Crippen LogP contribution in [0.5, 0.6) is 0 Å². The highest BCUT2D eigenvalue weighted by molar-refractivity contribution is 6.10. The molecule has 0 fully saturated rings.